The van der Waals surface area contributed by atoms with E-state index in [-0.39, 0.29) is 12.0 Å². The van der Waals surface area contributed by atoms with Gasteiger partial charge in [-0.1, -0.05) is 15.9 Å². The Morgan fingerprint density at radius 2 is 1.93 bits per heavy atom. The third-order valence-corrected chi connectivity index (χ3v) is 2.41. The minimum absolute atomic E-state index is 0.0875. The number of aliphatic carboxylic acids is 1. The molecule has 1 rings (SSSR count). The lowest BCUT2D eigenvalue weighted by atomic mass is 10.1. The summed E-state index contributed by atoms with van der Waals surface area (Å²) in [4.78, 5) is 21.0. The number of hydrogen-bond acceptors (Lipinski definition) is 2. The third-order valence-electron chi connectivity index (χ3n) is 1.63. The maximum atomic E-state index is 10.6. The second kappa shape index (κ2) is 4.23. The van der Waals surface area contributed by atoms with E-state index < -0.39 is 11.9 Å². The minimum Gasteiger partial charge on any atom is -0.481 e. The van der Waals surface area contributed by atoms with E-state index in [1.165, 1.54) is 18.2 Å². The highest BCUT2D eigenvalue weighted by Gasteiger charge is 2.09. The third kappa shape index (κ3) is 2.56. The second-order valence-electron chi connectivity index (χ2n) is 2.68. The van der Waals surface area contributed by atoms with Gasteiger partial charge >= 0.3 is 11.9 Å². The molecular formula is C9H7BrO4. The summed E-state index contributed by atoms with van der Waals surface area (Å²) < 4.78 is 0.602. The van der Waals surface area contributed by atoms with Gasteiger partial charge in [-0.3, -0.25) is 4.79 Å². The summed E-state index contributed by atoms with van der Waals surface area (Å²) in [6.07, 6.45) is -0.193. The Hall–Kier alpha value is -1.36. The first kappa shape index (κ1) is 10.7. The fraction of sp³-hybridized carbons (Fsp3) is 0.111. The maximum Gasteiger partial charge on any atom is 0.335 e. The van der Waals surface area contributed by atoms with Crippen molar-refractivity contribution in [1.82, 2.24) is 0 Å². The molecule has 0 amide bonds. The van der Waals surface area contributed by atoms with Gasteiger partial charge in [-0.05, 0) is 23.8 Å². The SMILES string of the molecule is O=C(O)Cc1cc(C(=O)O)ccc1Br. The van der Waals surface area contributed by atoms with Crippen molar-refractivity contribution in [2.24, 2.45) is 0 Å². The lowest BCUT2D eigenvalue weighted by molar-refractivity contribution is -0.136. The molecule has 0 aliphatic carbocycles. The fourth-order valence-corrected chi connectivity index (χ4v) is 1.39. The average Bonchev–Trinajstić information content (AvgIpc) is 2.07. The first-order chi connectivity index (χ1) is 6.50. The molecular weight excluding hydrogens is 252 g/mol. The first-order valence-electron chi connectivity index (χ1n) is 3.74. The second-order valence-corrected chi connectivity index (χ2v) is 3.54. The van der Waals surface area contributed by atoms with Crippen LogP contribution in [0.25, 0.3) is 0 Å². The van der Waals surface area contributed by atoms with Crippen molar-refractivity contribution in [3.8, 4) is 0 Å². The molecule has 4 nitrogen and oxygen atoms in total. The maximum absolute atomic E-state index is 10.6. The van der Waals surface area contributed by atoms with Crippen LogP contribution in [0.5, 0.6) is 0 Å². The fourth-order valence-electron chi connectivity index (χ4n) is 1.01. The molecule has 1 aromatic carbocycles. The van der Waals surface area contributed by atoms with Gasteiger partial charge < -0.3 is 10.2 Å². The van der Waals surface area contributed by atoms with Crippen molar-refractivity contribution in [1.29, 1.82) is 0 Å². The normalized spacial score (nSPS) is 9.79. The number of halogens is 1. The molecule has 0 radical (unpaired) electrons. The predicted octanol–water partition coefficient (Wildman–Crippen LogP) is 1.77. The summed E-state index contributed by atoms with van der Waals surface area (Å²) in [6, 6.07) is 4.29. The van der Waals surface area contributed by atoms with Crippen LogP contribution in [0.2, 0.25) is 0 Å². The van der Waals surface area contributed by atoms with Crippen molar-refractivity contribution in [3.05, 3.63) is 33.8 Å². The molecule has 0 saturated carbocycles. The summed E-state index contributed by atoms with van der Waals surface area (Å²) in [7, 11) is 0. The van der Waals surface area contributed by atoms with Crippen LogP contribution in [0.4, 0.5) is 0 Å². The van der Waals surface area contributed by atoms with E-state index in [0.717, 1.165) is 0 Å². The van der Waals surface area contributed by atoms with E-state index in [2.05, 4.69) is 15.9 Å². The predicted molar refractivity (Wildman–Crippen MR) is 52.4 cm³/mol. The van der Waals surface area contributed by atoms with Crippen LogP contribution in [0, 0.1) is 0 Å². The van der Waals surface area contributed by atoms with Crippen LogP contribution in [0.15, 0.2) is 22.7 Å². The van der Waals surface area contributed by atoms with Gasteiger partial charge in [-0.25, -0.2) is 4.79 Å². The molecule has 1 aromatic rings. The molecule has 0 unspecified atom stereocenters. The molecule has 0 atom stereocenters. The van der Waals surface area contributed by atoms with Crippen molar-refractivity contribution >= 4 is 27.9 Å². The van der Waals surface area contributed by atoms with Gasteiger partial charge in [0.25, 0.3) is 0 Å². The molecule has 74 valence electrons. The van der Waals surface area contributed by atoms with Gasteiger partial charge in [0, 0.05) is 4.47 Å². The first-order valence-corrected chi connectivity index (χ1v) is 4.53. The zero-order valence-electron chi connectivity index (χ0n) is 7.03. The van der Waals surface area contributed by atoms with Crippen LogP contribution >= 0.6 is 15.9 Å². The van der Waals surface area contributed by atoms with Crippen LogP contribution in [-0.2, 0) is 11.2 Å². The van der Waals surface area contributed by atoms with Crippen LogP contribution in [0.1, 0.15) is 15.9 Å². The highest BCUT2D eigenvalue weighted by atomic mass is 79.9. The van der Waals surface area contributed by atoms with Crippen LogP contribution in [0.3, 0.4) is 0 Å². The molecule has 0 spiro atoms. The zero-order valence-corrected chi connectivity index (χ0v) is 8.61. The number of carboxylic acid groups (broad SMARTS) is 2. The Kier molecular flexibility index (Phi) is 3.24. The summed E-state index contributed by atoms with van der Waals surface area (Å²) in [5, 5.41) is 17.2. The highest BCUT2D eigenvalue weighted by molar-refractivity contribution is 9.10. The van der Waals surface area contributed by atoms with Crippen LogP contribution in [-0.4, -0.2) is 22.2 Å². The number of benzene rings is 1. The van der Waals surface area contributed by atoms with Gasteiger partial charge in [0.2, 0.25) is 0 Å². The summed E-state index contributed by atoms with van der Waals surface area (Å²) in [5.74, 6) is -2.06. The Morgan fingerprint density at radius 3 is 2.43 bits per heavy atom. The van der Waals surface area contributed by atoms with E-state index in [4.69, 9.17) is 10.2 Å². The van der Waals surface area contributed by atoms with Crippen molar-refractivity contribution in [2.45, 2.75) is 6.42 Å². The molecule has 0 saturated heterocycles. The van der Waals surface area contributed by atoms with E-state index in [1.54, 1.807) is 0 Å². The van der Waals surface area contributed by atoms with Gasteiger partial charge in [0.1, 0.15) is 0 Å². The molecule has 2 N–H and O–H groups in total. The number of aromatic carboxylic acids is 1. The lowest BCUT2D eigenvalue weighted by Crippen LogP contribution is -2.03. The van der Waals surface area contributed by atoms with E-state index in [1.807, 2.05) is 0 Å². The minimum atomic E-state index is -1.07. The Morgan fingerprint density at radius 1 is 1.29 bits per heavy atom. The highest BCUT2D eigenvalue weighted by Crippen LogP contribution is 2.19. The molecule has 0 bridgehead atoms. The van der Waals surface area contributed by atoms with Gasteiger partial charge in [-0.15, -0.1) is 0 Å². The summed E-state index contributed by atoms with van der Waals surface area (Å²) in [6.45, 7) is 0. The van der Waals surface area contributed by atoms with Gasteiger partial charge in [-0.2, -0.15) is 0 Å². The van der Waals surface area contributed by atoms with Crippen molar-refractivity contribution in [2.75, 3.05) is 0 Å². The summed E-state index contributed by atoms with van der Waals surface area (Å²) >= 11 is 3.15. The Labute approximate surface area is 88.3 Å². The number of rotatable bonds is 3. The molecule has 0 aliphatic rings. The number of carbonyl (C=O) groups is 2. The van der Waals surface area contributed by atoms with E-state index in [0.29, 0.717) is 10.0 Å². The van der Waals surface area contributed by atoms with E-state index in [9.17, 15) is 9.59 Å². The zero-order chi connectivity index (χ0) is 10.7. The van der Waals surface area contributed by atoms with Crippen molar-refractivity contribution in [3.63, 3.8) is 0 Å². The monoisotopic (exact) mass is 258 g/mol. The molecule has 14 heavy (non-hydrogen) atoms. The lowest BCUT2D eigenvalue weighted by Gasteiger charge is -2.02. The number of hydrogen-bond donors (Lipinski definition) is 2. The molecule has 5 heteroatoms. The topological polar surface area (TPSA) is 74.6 Å². The standard InChI is InChI=1S/C9H7BrO4/c10-7-2-1-5(9(13)14)3-6(7)4-8(11)12/h1-3H,4H2,(H,11,12)(H,13,14). The van der Waals surface area contributed by atoms with Crippen molar-refractivity contribution < 1.29 is 19.8 Å². The largest absolute Gasteiger partial charge is 0.481 e. The molecule has 0 fully saturated rings. The van der Waals surface area contributed by atoms with Crippen LogP contribution < -0.4 is 0 Å². The Balaban J connectivity index is 3.08. The molecule has 0 aromatic heterocycles. The Bertz CT molecular complexity index is 386. The molecule has 0 aliphatic heterocycles. The molecule has 0 heterocycles. The van der Waals surface area contributed by atoms with Gasteiger partial charge in [0.05, 0.1) is 12.0 Å². The number of carboxylic acids is 2. The smallest absolute Gasteiger partial charge is 0.335 e. The summed E-state index contributed by atoms with van der Waals surface area (Å²) in [5.41, 5.74) is 0.543. The average molecular weight is 259 g/mol. The van der Waals surface area contributed by atoms with Gasteiger partial charge in [0.15, 0.2) is 0 Å². The quantitative estimate of drug-likeness (QED) is 0.867. The van der Waals surface area contributed by atoms with E-state index >= 15 is 0 Å².